The van der Waals surface area contributed by atoms with Crippen LogP contribution in [0.25, 0.3) is 5.52 Å². The monoisotopic (exact) mass is 447 g/mol. The van der Waals surface area contributed by atoms with Crippen molar-refractivity contribution < 1.29 is 18.9 Å². The average molecular weight is 447 g/mol. The molecule has 5 rings (SSSR count). The molecule has 1 aliphatic rings. The maximum Gasteiger partial charge on any atom is 0.257 e. The van der Waals surface area contributed by atoms with Crippen molar-refractivity contribution in [3.8, 4) is 5.75 Å². The van der Waals surface area contributed by atoms with Gasteiger partial charge >= 0.3 is 0 Å². The number of fused-ring (bicyclic) bond motifs is 1. The molecule has 33 heavy (non-hydrogen) atoms. The van der Waals surface area contributed by atoms with Crippen LogP contribution in [-0.4, -0.2) is 56.8 Å². The van der Waals surface area contributed by atoms with Crippen molar-refractivity contribution >= 4 is 11.4 Å². The van der Waals surface area contributed by atoms with Crippen LogP contribution in [0, 0.1) is 12.8 Å². The van der Waals surface area contributed by atoms with Crippen LogP contribution in [0.2, 0.25) is 0 Å². The van der Waals surface area contributed by atoms with Gasteiger partial charge in [-0.1, -0.05) is 22.4 Å². The van der Waals surface area contributed by atoms with E-state index in [9.17, 15) is 4.79 Å². The van der Waals surface area contributed by atoms with Crippen molar-refractivity contribution in [2.75, 3.05) is 26.3 Å². The highest BCUT2D eigenvalue weighted by atomic mass is 16.6. The molecule has 0 aliphatic carbocycles. The van der Waals surface area contributed by atoms with E-state index >= 15 is 0 Å². The van der Waals surface area contributed by atoms with Crippen LogP contribution in [0.5, 0.6) is 5.75 Å². The lowest BCUT2D eigenvalue weighted by molar-refractivity contribution is 0.0732. The van der Waals surface area contributed by atoms with E-state index in [0.29, 0.717) is 49.0 Å². The Kier molecular flexibility index (Phi) is 6.03. The minimum atomic E-state index is -0.0787. The van der Waals surface area contributed by atoms with Gasteiger partial charge in [-0.2, -0.15) is 0 Å². The van der Waals surface area contributed by atoms with E-state index in [1.54, 1.807) is 19.1 Å². The molecule has 9 heteroatoms. The molecular formula is C24H25N5O4. The first-order valence-electron chi connectivity index (χ1n) is 11.0. The molecule has 0 bridgehead atoms. The van der Waals surface area contributed by atoms with Gasteiger partial charge in [0.05, 0.1) is 30.0 Å². The fourth-order valence-corrected chi connectivity index (χ4v) is 4.11. The van der Waals surface area contributed by atoms with Crippen LogP contribution in [0.15, 0.2) is 59.6 Å². The summed E-state index contributed by atoms with van der Waals surface area (Å²) >= 11 is 0. The number of aromatic nitrogens is 4. The molecule has 0 unspecified atom stereocenters. The van der Waals surface area contributed by atoms with E-state index in [4.69, 9.17) is 14.1 Å². The Balaban J connectivity index is 1.32. The molecule has 1 amide bonds. The van der Waals surface area contributed by atoms with Crippen molar-refractivity contribution in [1.82, 2.24) is 24.6 Å². The fourth-order valence-electron chi connectivity index (χ4n) is 4.11. The lowest BCUT2D eigenvalue weighted by atomic mass is 10.0. The van der Waals surface area contributed by atoms with Gasteiger partial charge in [0.1, 0.15) is 23.7 Å². The number of amides is 1. The summed E-state index contributed by atoms with van der Waals surface area (Å²) < 4.78 is 18.5. The van der Waals surface area contributed by atoms with Gasteiger partial charge in [-0.05, 0) is 37.6 Å². The Morgan fingerprint density at radius 1 is 1.15 bits per heavy atom. The maximum atomic E-state index is 13.5. The van der Waals surface area contributed by atoms with Crippen LogP contribution in [0.4, 0.5) is 0 Å². The second kappa shape index (κ2) is 9.41. The zero-order valence-electron chi connectivity index (χ0n) is 18.4. The van der Waals surface area contributed by atoms with Gasteiger partial charge in [0.2, 0.25) is 0 Å². The topological polar surface area (TPSA) is 95.0 Å². The molecule has 1 atom stereocenters. The van der Waals surface area contributed by atoms with Gasteiger partial charge in [-0.25, -0.2) is 4.63 Å². The number of benzene rings is 1. The number of hydrogen-bond acceptors (Lipinski definition) is 7. The first kappa shape index (κ1) is 21.1. The fraction of sp³-hybridized carbons (Fsp3) is 0.333. The summed E-state index contributed by atoms with van der Waals surface area (Å²) in [7, 11) is 0. The van der Waals surface area contributed by atoms with Crippen molar-refractivity contribution in [3.05, 3.63) is 77.6 Å². The average Bonchev–Trinajstić information content (AvgIpc) is 3.42. The Labute approximate surface area is 190 Å². The van der Waals surface area contributed by atoms with E-state index in [2.05, 4.69) is 25.8 Å². The van der Waals surface area contributed by atoms with Crippen LogP contribution in [-0.2, 0) is 17.8 Å². The summed E-state index contributed by atoms with van der Waals surface area (Å²) in [4.78, 5) is 19.9. The van der Waals surface area contributed by atoms with E-state index in [1.807, 2.05) is 41.7 Å². The van der Waals surface area contributed by atoms with Gasteiger partial charge < -0.3 is 18.8 Å². The number of para-hydroxylation sites is 1. The minimum Gasteiger partial charge on any atom is -0.486 e. The molecule has 1 saturated heterocycles. The SMILES string of the molecule is Cc1nonc1COc1ccccc1C(=O)N1CCOC[C@@H](Cc2nccn3cccc23)C1. The summed E-state index contributed by atoms with van der Waals surface area (Å²) in [6.07, 6.45) is 6.48. The molecule has 4 heterocycles. The van der Waals surface area contributed by atoms with E-state index in [1.165, 1.54) is 0 Å². The highest BCUT2D eigenvalue weighted by molar-refractivity contribution is 5.97. The van der Waals surface area contributed by atoms with Gasteiger partial charge in [0.25, 0.3) is 5.91 Å². The third-order valence-electron chi connectivity index (χ3n) is 5.87. The van der Waals surface area contributed by atoms with Gasteiger partial charge in [0.15, 0.2) is 0 Å². The highest BCUT2D eigenvalue weighted by Crippen LogP contribution is 2.24. The first-order valence-corrected chi connectivity index (χ1v) is 11.0. The van der Waals surface area contributed by atoms with Gasteiger partial charge in [-0.3, -0.25) is 9.78 Å². The summed E-state index contributed by atoms with van der Waals surface area (Å²) in [5.41, 5.74) is 3.87. The standard InChI is InChI=1S/C24H25N5O4/c1-17-21(27-33-26-17)16-32-23-7-3-2-5-19(23)24(30)29-11-12-31-15-18(14-29)13-20-22-6-4-9-28(22)10-8-25-20/h2-10,18H,11-16H2,1H3/t18-/m0/s1. The molecule has 0 saturated carbocycles. The molecule has 0 radical (unpaired) electrons. The van der Waals surface area contributed by atoms with Crippen molar-refractivity contribution in [2.45, 2.75) is 20.0 Å². The molecule has 1 aliphatic heterocycles. The van der Waals surface area contributed by atoms with Crippen molar-refractivity contribution in [2.24, 2.45) is 5.92 Å². The molecular weight excluding hydrogens is 422 g/mol. The third kappa shape index (κ3) is 4.58. The quantitative estimate of drug-likeness (QED) is 0.448. The number of carbonyl (C=O) groups excluding carboxylic acids is 1. The van der Waals surface area contributed by atoms with Crippen LogP contribution in [0.3, 0.4) is 0 Å². The van der Waals surface area contributed by atoms with Crippen LogP contribution in [0.1, 0.15) is 27.4 Å². The summed E-state index contributed by atoms with van der Waals surface area (Å²) in [6, 6.07) is 11.3. The van der Waals surface area contributed by atoms with Crippen LogP contribution >= 0.6 is 0 Å². The Morgan fingerprint density at radius 2 is 2.06 bits per heavy atom. The predicted molar refractivity (Wildman–Crippen MR) is 119 cm³/mol. The molecule has 170 valence electrons. The Morgan fingerprint density at radius 3 is 2.94 bits per heavy atom. The lowest BCUT2D eigenvalue weighted by Gasteiger charge is -2.24. The largest absolute Gasteiger partial charge is 0.486 e. The van der Waals surface area contributed by atoms with E-state index in [-0.39, 0.29) is 18.4 Å². The third-order valence-corrected chi connectivity index (χ3v) is 5.87. The van der Waals surface area contributed by atoms with E-state index < -0.39 is 0 Å². The number of rotatable bonds is 6. The predicted octanol–water partition coefficient (Wildman–Crippen LogP) is 2.94. The van der Waals surface area contributed by atoms with Gasteiger partial charge in [-0.15, -0.1) is 0 Å². The molecule has 1 fully saturated rings. The smallest absolute Gasteiger partial charge is 0.257 e. The maximum absolute atomic E-state index is 13.5. The Bertz CT molecular complexity index is 1250. The summed E-state index contributed by atoms with van der Waals surface area (Å²) in [5.74, 6) is 0.568. The second-order valence-electron chi connectivity index (χ2n) is 8.15. The number of ether oxygens (including phenoxy) is 2. The first-order chi connectivity index (χ1) is 16.2. The number of nitrogens with zero attached hydrogens (tertiary/aromatic N) is 5. The second-order valence-corrected chi connectivity index (χ2v) is 8.15. The summed E-state index contributed by atoms with van der Waals surface area (Å²) in [5, 5.41) is 7.61. The van der Waals surface area contributed by atoms with E-state index in [0.717, 1.165) is 17.6 Å². The highest BCUT2D eigenvalue weighted by Gasteiger charge is 2.26. The van der Waals surface area contributed by atoms with Gasteiger partial charge in [0, 0.05) is 37.6 Å². The number of aryl methyl sites for hydroxylation is 1. The Hall–Kier alpha value is -3.72. The molecule has 0 spiro atoms. The zero-order chi connectivity index (χ0) is 22.6. The lowest BCUT2D eigenvalue weighted by Crippen LogP contribution is -2.36. The van der Waals surface area contributed by atoms with Crippen molar-refractivity contribution in [3.63, 3.8) is 0 Å². The zero-order valence-corrected chi connectivity index (χ0v) is 18.4. The molecule has 3 aromatic heterocycles. The molecule has 0 N–H and O–H groups in total. The van der Waals surface area contributed by atoms with Crippen molar-refractivity contribution in [1.29, 1.82) is 0 Å². The van der Waals surface area contributed by atoms with Crippen LogP contribution < -0.4 is 4.74 Å². The normalized spacial score (nSPS) is 16.6. The number of carbonyl (C=O) groups is 1. The molecule has 4 aromatic rings. The summed E-state index contributed by atoms with van der Waals surface area (Å²) in [6.45, 7) is 4.18. The minimum absolute atomic E-state index is 0.0787. The molecule has 9 nitrogen and oxygen atoms in total. The molecule has 1 aromatic carbocycles. The number of hydrogen-bond donors (Lipinski definition) is 0.